The topological polar surface area (TPSA) is 72.9 Å². The lowest BCUT2D eigenvalue weighted by molar-refractivity contribution is -0.145. The van der Waals surface area contributed by atoms with Crippen molar-refractivity contribution >= 4 is 17.8 Å². The number of hydrogen-bond acceptors (Lipinski definition) is 5. The van der Waals surface area contributed by atoms with Crippen molar-refractivity contribution in [3.63, 3.8) is 0 Å². The van der Waals surface area contributed by atoms with Gasteiger partial charge in [-0.1, -0.05) is 0 Å². The van der Waals surface area contributed by atoms with E-state index in [1.165, 1.54) is 7.11 Å². The molecule has 124 valence electrons. The molecule has 0 radical (unpaired) electrons. The van der Waals surface area contributed by atoms with Crippen LogP contribution in [-0.2, 0) is 19.1 Å². The first-order valence-corrected chi connectivity index (χ1v) is 7.80. The molecule has 2 bridgehead atoms. The Kier molecular flexibility index (Phi) is 4.78. The Labute approximate surface area is 131 Å². The van der Waals surface area contributed by atoms with Crippen LogP contribution in [0.25, 0.3) is 0 Å². The number of rotatable bonds is 2. The number of Topliss-reactive ketones (excluding diaryl/α,β-unsaturated/α-hetero) is 1. The Morgan fingerprint density at radius 1 is 1.32 bits per heavy atom. The lowest BCUT2D eigenvalue weighted by Gasteiger charge is -2.46. The van der Waals surface area contributed by atoms with Gasteiger partial charge in [0.1, 0.15) is 11.4 Å². The molecule has 6 nitrogen and oxygen atoms in total. The van der Waals surface area contributed by atoms with Gasteiger partial charge in [-0.2, -0.15) is 0 Å². The molecular weight excluding hydrogens is 286 g/mol. The summed E-state index contributed by atoms with van der Waals surface area (Å²) in [5.41, 5.74) is -0.559. The standard InChI is InChI=1S/C16H25NO5/c1-16(2,3)22-15(20)17-9-10(7-14(19)21-4)12-8-11(17)5-6-13(12)18/h10-12H,5-9H2,1-4H3/t10-,11-,12+/m1/s1. The summed E-state index contributed by atoms with van der Waals surface area (Å²) in [5, 5.41) is 0. The molecule has 1 aliphatic carbocycles. The highest BCUT2D eigenvalue weighted by Gasteiger charge is 2.45. The van der Waals surface area contributed by atoms with Crippen molar-refractivity contribution in [3.05, 3.63) is 0 Å². The van der Waals surface area contributed by atoms with Crippen LogP contribution in [0.3, 0.4) is 0 Å². The first-order chi connectivity index (χ1) is 10.2. The highest BCUT2D eigenvalue weighted by molar-refractivity contribution is 5.84. The first kappa shape index (κ1) is 16.8. The monoisotopic (exact) mass is 311 g/mol. The summed E-state index contributed by atoms with van der Waals surface area (Å²) in [6.45, 7) is 5.86. The van der Waals surface area contributed by atoms with Gasteiger partial charge in [-0.05, 0) is 39.5 Å². The fraction of sp³-hybridized carbons (Fsp3) is 0.812. The van der Waals surface area contributed by atoms with Gasteiger partial charge in [0, 0.05) is 24.9 Å². The van der Waals surface area contributed by atoms with Gasteiger partial charge in [-0.3, -0.25) is 9.59 Å². The Hall–Kier alpha value is -1.59. The third kappa shape index (κ3) is 3.78. The second kappa shape index (κ2) is 6.26. The molecule has 0 aromatic rings. The van der Waals surface area contributed by atoms with Crippen LogP contribution in [0, 0.1) is 11.8 Å². The number of likely N-dealkylation sites (tertiary alicyclic amines) is 1. The quantitative estimate of drug-likeness (QED) is 0.731. The molecule has 0 unspecified atom stereocenters. The lowest BCUT2D eigenvalue weighted by atomic mass is 9.72. The molecule has 2 aliphatic rings. The molecule has 6 heteroatoms. The summed E-state index contributed by atoms with van der Waals surface area (Å²) in [4.78, 5) is 37.8. The maximum Gasteiger partial charge on any atom is 0.410 e. The number of amides is 1. The van der Waals surface area contributed by atoms with Crippen molar-refractivity contribution in [2.45, 2.75) is 58.1 Å². The zero-order chi connectivity index (χ0) is 16.5. The second-order valence-electron chi connectivity index (χ2n) is 7.17. The Balaban J connectivity index is 2.13. The third-order valence-electron chi connectivity index (χ3n) is 4.39. The summed E-state index contributed by atoms with van der Waals surface area (Å²) in [6, 6.07) is 0.0337. The van der Waals surface area contributed by atoms with E-state index >= 15 is 0 Å². The minimum Gasteiger partial charge on any atom is -0.469 e. The average molecular weight is 311 g/mol. The van der Waals surface area contributed by atoms with Crippen molar-refractivity contribution in [1.29, 1.82) is 0 Å². The van der Waals surface area contributed by atoms with Crippen LogP contribution >= 0.6 is 0 Å². The summed E-state index contributed by atoms with van der Waals surface area (Å²) in [5.74, 6) is -0.458. The predicted molar refractivity (Wildman–Crippen MR) is 79.2 cm³/mol. The highest BCUT2D eigenvalue weighted by Crippen LogP contribution is 2.38. The Morgan fingerprint density at radius 2 is 2.00 bits per heavy atom. The maximum absolute atomic E-state index is 12.4. The smallest absolute Gasteiger partial charge is 0.410 e. The zero-order valence-electron chi connectivity index (χ0n) is 13.8. The van der Waals surface area contributed by atoms with E-state index < -0.39 is 5.60 Å². The fourth-order valence-electron chi connectivity index (χ4n) is 3.35. The van der Waals surface area contributed by atoms with Crippen molar-refractivity contribution in [2.24, 2.45) is 11.8 Å². The molecule has 3 atom stereocenters. The molecule has 2 fully saturated rings. The summed E-state index contributed by atoms with van der Waals surface area (Å²) >= 11 is 0. The largest absolute Gasteiger partial charge is 0.469 e. The fourth-order valence-corrected chi connectivity index (χ4v) is 3.35. The molecule has 0 aromatic heterocycles. The summed E-state index contributed by atoms with van der Waals surface area (Å²) in [6.07, 6.45) is 1.57. The van der Waals surface area contributed by atoms with E-state index in [4.69, 9.17) is 9.47 Å². The van der Waals surface area contributed by atoms with E-state index in [2.05, 4.69) is 0 Å². The van der Waals surface area contributed by atoms with E-state index in [9.17, 15) is 14.4 Å². The molecule has 1 saturated carbocycles. The molecule has 1 aliphatic heterocycles. The summed E-state index contributed by atoms with van der Waals surface area (Å²) < 4.78 is 10.2. The van der Waals surface area contributed by atoms with E-state index in [-0.39, 0.29) is 42.1 Å². The summed E-state index contributed by atoms with van der Waals surface area (Å²) in [7, 11) is 1.34. The average Bonchev–Trinajstić information content (AvgIpc) is 2.42. The van der Waals surface area contributed by atoms with E-state index in [0.717, 1.165) is 0 Å². The molecule has 0 spiro atoms. The number of carbonyl (C=O) groups excluding carboxylic acids is 3. The van der Waals surface area contributed by atoms with Gasteiger partial charge in [0.25, 0.3) is 0 Å². The van der Waals surface area contributed by atoms with Gasteiger partial charge in [0.15, 0.2) is 0 Å². The van der Waals surface area contributed by atoms with Gasteiger partial charge in [-0.15, -0.1) is 0 Å². The number of piperidine rings is 1. The van der Waals surface area contributed by atoms with Gasteiger partial charge in [0.2, 0.25) is 0 Å². The first-order valence-electron chi connectivity index (χ1n) is 7.80. The number of methoxy groups -OCH3 is 1. The van der Waals surface area contributed by atoms with Crippen molar-refractivity contribution in [2.75, 3.05) is 13.7 Å². The van der Waals surface area contributed by atoms with E-state index in [1.807, 2.05) is 20.8 Å². The van der Waals surface area contributed by atoms with Gasteiger partial charge >= 0.3 is 12.1 Å². The Morgan fingerprint density at radius 3 is 2.59 bits per heavy atom. The number of ketones is 1. The van der Waals surface area contributed by atoms with Crippen LogP contribution in [-0.4, -0.2) is 48.0 Å². The third-order valence-corrected chi connectivity index (χ3v) is 4.39. The number of nitrogens with zero attached hydrogens (tertiary/aromatic N) is 1. The number of esters is 1. The molecule has 1 saturated heterocycles. The van der Waals surface area contributed by atoms with Crippen molar-refractivity contribution in [1.82, 2.24) is 4.90 Å². The zero-order valence-corrected chi connectivity index (χ0v) is 13.8. The van der Waals surface area contributed by atoms with Gasteiger partial charge in [-0.25, -0.2) is 4.79 Å². The Bertz CT molecular complexity index is 468. The molecular formula is C16H25NO5. The predicted octanol–water partition coefficient (Wildman–Crippen LogP) is 2.15. The maximum atomic E-state index is 12.4. The lowest BCUT2D eigenvalue weighted by Crippen LogP contribution is -2.55. The van der Waals surface area contributed by atoms with Gasteiger partial charge in [0.05, 0.1) is 13.5 Å². The van der Waals surface area contributed by atoms with E-state index in [1.54, 1.807) is 4.90 Å². The van der Waals surface area contributed by atoms with Crippen molar-refractivity contribution < 1.29 is 23.9 Å². The number of fused-ring (bicyclic) bond motifs is 2. The highest BCUT2D eigenvalue weighted by atomic mass is 16.6. The molecule has 0 N–H and O–H groups in total. The minimum absolute atomic E-state index is 0.0337. The number of carbonyl (C=O) groups is 3. The molecule has 2 rings (SSSR count). The van der Waals surface area contributed by atoms with E-state index in [0.29, 0.717) is 25.8 Å². The normalized spacial score (nSPS) is 28.3. The second-order valence-corrected chi connectivity index (χ2v) is 7.17. The molecule has 1 heterocycles. The van der Waals surface area contributed by atoms with Crippen LogP contribution in [0.15, 0.2) is 0 Å². The van der Waals surface area contributed by atoms with Crippen LogP contribution in [0.1, 0.15) is 46.5 Å². The van der Waals surface area contributed by atoms with Crippen LogP contribution in [0.2, 0.25) is 0 Å². The van der Waals surface area contributed by atoms with Crippen LogP contribution in [0.5, 0.6) is 0 Å². The van der Waals surface area contributed by atoms with Gasteiger partial charge < -0.3 is 14.4 Å². The molecule has 1 amide bonds. The molecule has 0 aromatic carbocycles. The SMILES string of the molecule is COC(=O)C[C@@H]1CN(C(=O)OC(C)(C)C)[C@@H]2CCC(=O)[C@H]1C2. The minimum atomic E-state index is -0.559. The number of ether oxygens (including phenoxy) is 2. The molecule has 22 heavy (non-hydrogen) atoms. The number of hydrogen-bond donors (Lipinski definition) is 0. The van der Waals surface area contributed by atoms with Crippen LogP contribution < -0.4 is 0 Å². The van der Waals surface area contributed by atoms with Crippen molar-refractivity contribution in [3.8, 4) is 0 Å². The van der Waals surface area contributed by atoms with Crippen LogP contribution in [0.4, 0.5) is 4.79 Å².